The molecule has 1 saturated heterocycles. The summed E-state index contributed by atoms with van der Waals surface area (Å²) in [4.78, 5) is 3.86. The molecule has 1 aromatic carbocycles. The highest BCUT2D eigenvalue weighted by molar-refractivity contribution is 6.31. The highest BCUT2D eigenvalue weighted by Crippen LogP contribution is 2.40. The fourth-order valence-electron chi connectivity index (χ4n) is 3.13. The maximum absolute atomic E-state index is 13.5. The second-order valence-electron chi connectivity index (χ2n) is 6.07. The number of hydrogen-bond donors (Lipinski definition) is 1. The molecule has 0 aliphatic carbocycles. The molecule has 3 atom stereocenters. The van der Waals surface area contributed by atoms with Crippen LogP contribution < -0.4 is 10.1 Å². The lowest BCUT2D eigenvalue weighted by atomic mass is 9.90. The van der Waals surface area contributed by atoms with Crippen LogP contribution in [0.25, 0.3) is 0 Å². The Morgan fingerprint density at radius 3 is 2.62 bits per heavy atom. The van der Waals surface area contributed by atoms with Gasteiger partial charge in [-0.3, -0.25) is 10.3 Å². The molecule has 0 amide bonds. The van der Waals surface area contributed by atoms with Gasteiger partial charge in [0.1, 0.15) is 24.5 Å². The Morgan fingerprint density at radius 1 is 1.27 bits per heavy atom. The van der Waals surface area contributed by atoms with Gasteiger partial charge in [-0.25, -0.2) is 0 Å². The quantitative estimate of drug-likeness (QED) is 0.867. The summed E-state index contributed by atoms with van der Waals surface area (Å²) in [6.45, 7) is 0.108. The van der Waals surface area contributed by atoms with Crippen molar-refractivity contribution in [1.82, 2.24) is 10.3 Å². The van der Waals surface area contributed by atoms with E-state index in [1.54, 1.807) is 24.5 Å². The molecule has 1 aromatic heterocycles. The molecule has 1 aliphatic heterocycles. The summed E-state index contributed by atoms with van der Waals surface area (Å²) < 4.78 is 46.0. The SMILES string of the molecule is N#Cc1ccc(C2C[C@@H](COc3ccncc3)N[C@H]2C(F)(F)F)cc1Cl. The summed E-state index contributed by atoms with van der Waals surface area (Å²) in [5.74, 6) is -0.249. The summed E-state index contributed by atoms with van der Waals surface area (Å²) in [6, 6.07) is 7.46. The molecule has 8 heteroatoms. The average Bonchev–Trinajstić information content (AvgIpc) is 3.05. The van der Waals surface area contributed by atoms with E-state index in [-0.39, 0.29) is 23.6 Å². The Bertz CT molecular complexity index is 808. The topological polar surface area (TPSA) is 57.9 Å². The van der Waals surface area contributed by atoms with E-state index in [1.807, 2.05) is 6.07 Å². The smallest absolute Gasteiger partial charge is 0.404 e. The van der Waals surface area contributed by atoms with Crippen LogP contribution in [0, 0.1) is 11.3 Å². The van der Waals surface area contributed by atoms with Crippen molar-refractivity contribution in [2.75, 3.05) is 6.61 Å². The summed E-state index contributed by atoms with van der Waals surface area (Å²) in [5, 5.41) is 11.7. The van der Waals surface area contributed by atoms with Crippen LogP contribution in [0.2, 0.25) is 5.02 Å². The number of pyridine rings is 1. The highest BCUT2D eigenvalue weighted by Gasteiger charge is 2.50. The number of ether oxygens (including phenoxy) is 1. The predicted molar refractivity (Wildman–Crippen MR) is 90.0 cm³/mol. The first-order valence-corrected chi connectivity index (χ1v) is 8.31. The molecule has 0 saturated carbocycles. The van der Waals surface area contributed by atoms with Crippen LogP contribution in [0.15, 0.2) is 42.7 Å². The minimum Gasteiger partial charge on any atom is -0.492 e. The van der Waals surface area contributed by atoms with E-state index in [0.717, 1.165) is 0 Å². The van der Waals surface area contributed by atoms with Crippen molar-refractivity contribution in [3.63, 3.8) is 0 Å². The summed E-state index contributed by atoms with van der Waals surface area (Å²) in [6.07, 6.45) is -1.05. The summed E-state index contributed by atoms with van der Waals surface area (Å²) in [7, 11) is 0. The Balaban J connectivity index is 1.77. The molecule has 2 heterocycles. The molecular formula is C18H15ClF3N3O. The van der Waals surface area contributed by atoms with Gasteiger partial charge < -0.3 is 4.74 Å². The van der Waals surface area contributed by atoms with Crippen LogP contribution in [0.4, 0.5) is 13.2 Å². The molecule has 2 aromatic rings. The zero-order chi connectivity index (χ0) is 18.7. The summed E-state index contributed by atoms with van der Waals surface area (Å²) in [5.41, 5.74) is 0.692. The van der Waals surface area contributed by atoms with Crippen LogP contribution in [-0.2, 0) is 0 Å². The molecule has 1 aliphatic rings. The first-order chi connectivity index (χ1) is 12.4. The van der Waals surface area contributed by atoms with Crippen LogP contribution in [0.1, 0.15) is 23.5 Å². The van der Waals surface area contributed by atoms with E-state index in [0.29, 0.717) is 11.3 Å². The zero-order valence-corrected chi connectivity index (χ0v) is 14.3. The van der Waals surface area contributed by atoms with Crippen molar-refractivity contribution >= 4 is 11.6 Å². The van der Waals surface area contributed by atoms with E-state index >= 15 is 0 Å². The number of aromatic nitrogens is 1. The number of nitriles is 1. The number of nitrogens with one attached hydrogen (secondary N) is 1. The Kier molecular flexibility index (Phi) is 5.35. The van der Waals surface area contributed by atoms with Gasteiger partial charge in [0, 0.05) is 24.4 Å². The summed E-state index contributed by atoms with van der Waals surface area (Å²) >= 11 is 5.99. The third-order valence-electron chi connectivity index (χ3n) is 4.35. The van der Waals surface area contributed by atoms with Gasteiger partial charge in [0.05, 0.1) is 10.6 Å². The van der Waals surface area contributed by atoms with Gasteiger partial charge in [-0.2, -0.15) is 18.4 Å². The maximum atomic E-state index is 13.5. The molecule has 136 valence electrons. The van der Waals surface area contributed by atoms with E-state index < -0.39 is 24.2 Å². The molecule has 3 rings (SSSR count). The number of benzene rings is 1. The lowest BCUT2D eigenvalue weighted by molar-refractivity contribution is -0.156. The molecular weight excluding hydrogens is 367 g/mol. The molecule has 1 N–H and O–H groups in total. The van der Waals surface area contributed by atoms with Crippen molar-refractivity contribution in [3.8, 4) is 11.8 Å². The average molecular weight is 382 g/mol. The third kappa shape index (κ3) is 4.09. The van der Waals surface area contributed by atoms with Crippen molar-refractivity contribution < 1.29 is 17.9 Å². The molecule has 26 heavy (non-hydrogen) atoms. The van der Waals surface area contributed by atoms with Gasteiger partial charge >= 0.3 is 6.18 Å². The van der Waals surface area contributed by atoms with Gasteiger partial charge in [-0.05, 0) is 36.2 Å². The Hall–Kier alpha value is -2.30. The van der Waals surface area contributed by atoms with E-state index in [1.165, 1.54) is 18.2 Å². The van der Waals surface area contributed by atoms with Crippen LogP contribution in [-0.4, -0.2) is 29.9 Å². The third-order valence-corrected chi connectivity index (χ3v) is 4.66. The normalized spacial score (nSPS) is 22.8. The number of rotatable bonds is 4. The Morgan fingerprint density at radius 2 is 2.00 bits per heavy atom. The number of halogens is 4. The van der Waals surface area contributed by atoms with E-state index in [2.05, 4.69) is 10.3 Å². The van der Waals surface area contributed by atoms with Gasteiger partial charge in [-0.15, -0.1) is 0 Å². The zero-order valence-electron chi connectivity index (χ0n) is 13.5. The van der Waals surface area contributed by atoms with E-state index in [9.17, 15) is 13.2 Å². The first kappa shape index (κ1) is 18.5. The highest BCUT2D eigenvalue weighted by atomic mass is 35.5. The van der Waals surface area contributed by atoms with Gasteiger partial charge in [0.15, 0.2) is 0 Å². The second kappa shape index (κ2) is 7.52. The lowest BCUT2D eigenvalue weighted by Gasteiger charge is -2.23. The van der Waals surface area contributed by atoms with Gasteiger partial charge in [0.2, 0.25) is 0 Å². The lowest BCUT2D eigenvalue weighted by Crippen LogP contribution is -2.44. The number of alkyl halides is 3. The van der Waals surface area contributed by atoms with Crippen LogP contribution in [0.5, 0.6) is 5.75 Å². The van der Waals surface area contributed by atoms with Crippen LogP contribution >= 0.6 is 11.6 Å². The number of nitrogens with zero attached hydrogens (tertiary/aromatic N) is 2. The molecule has 0 radical (unpaired) electrons. The van der Waals surface area contributed by atoms with E-state index in [4.69, 9.17) is 21.6 Å². The second-order valence-corrected chi connectivity index (χ2v) is 6.48. The minimum atomic E-state index is -4.41. The Labute approximate surface area is 153 Å². The predicted octanol–water partition coefficient (Wildman–Crippen LogP) is 4.06. The molecule has 4 nitrogen and oxygen atoms in total. The van der Waals surface area contributed by atoms with Crippen molar-refractivity contribution in [3.05, 3.63) is 58.9 Å². The maximum Gasteiger partial charge on any atom is 0.404 e. The van der Waals surface area contributed by atoms with Crippen molar-refractivity contribution in [2.45, 2.75) is 30.6 Å². The van der Waals surface area contributed by atoms with Crippen molar-refractivity contribution in [2.24, 2.45) is 0 Å². The standard InChI is InChI=1S/C18H15ClF3N3O/c19-16-7-11(1-2-12(16)9-23)15-8-13(25-17(15)18(20,21)22)10-26-14-3-5-24-6-4-14/h1-7,13,15,17,25H,8,10H2/t13-,15?,17+/m0/s1. The fraction of sp³-hybridized carbons (Fsp3) is 0.333. The monoisotopic (exact) mass is 381 g/mol. The van der Waals surface area contributed by atoms with Gasteiger partial charge in [0.25, 0.3) is 0 Å². The largest absolute Gasteiger partial charge is 0.492 e. The fourth-order valence-corrected chi connectivity index (χ4v) is 3.36. The minimum absolute atomic E-state index is 0.108. The molecule has 0 spiro atoms. The van der Waals surface area contributed by atoms with Crippen LogP contribution in [0.3, 0.4) is 0 Å². The van der Waals surface area contributed by atoms with Crippen molar-refractivity contribution in [1.29, 1.82) is 5.26 Å². The first-order valence-electron chi connectivity index (χ1n) is 7.93. The molecule has 1 unspecified atom stereocenters. The number of hydrogen-bond acceptors (Lipinski definition) is 4. The molecule has 0 bridgehead atoms. The van der Waals surface area contributed by atoms with Gasteiger partial charge in [-0.1, -0.05) is 17.7 Å². The molecule has 1 fully saturated rings.